The molecule has 152 valence electrons. The summed E-state index contributed by atoms with van der Waals surface area (Å²) in [5.74, 6) is 2.59. The highest BCUT2D eigenvalue weighted by molar-refractivity contribution is 6.32. The maximum absolute atomic E-state index is 6.30. The smallest absolute Gasteiger partial charge is 0.191 e. The zero-order valence-electron chi connectivity index (χ0n) is 16.7. The number of nitrogens with zero attached hydrogens (tertiary/aromatic N) is 4. The number of hydrogen-bond acceptors (Lipinski definition) is 5. The molecule has 8 heteroatoms. The molecule has 1 aliphatic rings. The van der Waals surface area contributed by atoms with Crippen molar-refractivity contribution in [3.05, 3.63) is 47.5 Å². The number of rotatable bonds is 7. The van der Waals surface area contributed by atoms with E-state index in [1.165, 1.54) is 0 Å². The van der Waals surface area contributed by atoms with Crippen LogP contribution in [0.2, 0.25) is 5.02 Å². The summed E-state index contributed by atoms with van der Waals surface area (Å²) in [4.78, 5) is 13.6. The zero-order chi connectivity index (χ0) is 19.9. The van der Waals surface area contributed by atoms with Crippen LogP contribution in [-0.4, -0.2) is 62.2 Å². The van der Waals surface area contributed by atoms with Gasteiger partial charge >= 0.3 is 0 Å². The summed E-state index contributed by atoms with van der Waals surface area (Å²) in [6.07, 6.45) is 4.49. The fourth-order valence-corrected chi connectivity index (χ4v) is 3.60. The molecule has 3 rings (SSSR count). The second-order valence-electron chi connectivity index (χ2n) is 7.10. The van der Waals surface area contributed by atoms with Gasteiger partial charge in [-0.25, -0.2) is 4.98 Å². The van der Waals surface area contributed by atoms with Gasteiger partial charge in [0, 0.05) is 31.9 Å². The molecule has 7 nitrogen and oxygen atoms in total. The molecule has 0 amide bonds. The Morgan fingerprint density at radius 2 is 2.29 bits per heavy atom. The lowest BCUT2D eigenvalue weighted by atomic mass is 10.2. The molecule has 0 aromatic carbocycles. The molecule has 3 heterocycles. The van der Waals surface area contributed by atoms with Crippen molar-refractivity contribution in [2.45, 2.75) is 25.4 Å². The Bertz CT molecular complexity index is 764. The van der Waals surface area contributed by atoms with Crippen molar-refractivity contribution in [2.24, 2.45) is 4.99 Å². The molecular formula is C20H29ClN6O. The first-order valence-corrected chi connectivity index (χ1v) is 10.1. The van der Waals surface area contributed by atoms with Gasteiger partial charge in [0.15, 0.2) is 5.96 Å². The molecule has 2 aromatic rings. The van der Waals surface area contributed by atoms with Crippen LogP contribution < -0.4 is 15.5 Å². The lowest BCUT2D eigenvalue weighted by Gasteiger charge is -2.22. The third kappa shape index (κ3) is 5.17. The number of furan rings is 1. The maximum atomic E-state index is 6.30. The van der Waals surface area contributed by atoms with Crippen molar-refractivity contribution >= 4 is 23.4 Å². The predicted molar refractivity (Wildman–Crippen MR) is 114 cm³/mol. The van der Waals surface area contributed by atoms with E-state index in [-0.39, 0.29) is 12.1 Å². The van der Waals surface area contributed by atoms with E-state index >= 15 is 0 Å². The van der Waals surface area contributed by atoms with E-state index in [4.69, 9.17) is 21.0 Å². The number of halogens is 1. The van der Waals surface area contributed by atoms with Crippen LogP contribution >= 0.6 is 11.6 Å². The molecular weight excluding hydrogens is 376 g/mol. The number of likely N-dealkylation sites (N-methyl/N-ethyl adjacent to an activating group) is 1. The molecule has 1 saturated heterocycles. The lowest BCUT2D eigenvalue weighted by molar-refractivity contribution is 0.265. The molecule has 2 N–H and O–H groups in total. The van der Waals surface area contributed by atoms with Gasteiger partial charge in [0.25, 0.3) is 0 Å². The van der Waals surface area contributed by atoms with Crippen molar-refractivity contribution < 1.29 is 4.42 Å². The summed E-state index contributed by atoms with van der Waals surface area (Å²) in [6, 6.07) is 8.02. The summed E-state index contributed by atoms with van der Waals surface area (Å²) < 4.78 is 5.58. The molecule has 28 heavy (non-hydrogen) atoms. The topological polar surface area (TPSA) is 68.9 Å². The third-order valence-electron chi connectivity index (χ3n) is 4.83. The minimum atomic E-state index is 0.0952. The van der Waals surface area contributed by atoms with Gasteiger partial charge in [0.05, 0.1) is 23.9 Å². The van der Waals surface area contributed by atoms with Gasteiger partial charge in [-0.2, -0.15) is 0 Å². The minimum absolute atomic E-state index is 0.0952. The number of anilines is 1. The van der Waals surface area contributed by atoms with Crippen LogP contribution in [0.1, 0.15) is 25.1 Å². The molecule has 2 aromatic heterocycles. The molecule has 0 radical (unpaired) electrons. The molecule has 1 fully saturated rings. The Hall–Kier alpha value is -2.25. The average molecular weight is 405 g/mol. The zero-order valence-corrected chi connectivity index (χ0v) is 17.5. The Labute approximate surface area is 171 Å². The highest BCUT2D eigenvalue weighted by atomic mass is 35.5. The quantitative estimate of drug-likeness (QED) is 0.546. The molecule has 1 aliphatic heterocycles. The highest BCUT2D eigenvalue weighted by Crippen LogP contribution is 2.25. The van der Waals surface area contributed by atoms with Crippen LogP contribution in [0, 0.1) is 0 Å². The van der Waals surface area contributed by atoms with E-state index in [2.05, 4.69) is 32.3 Å². The molecule has 2 unspecified atom stereocenters. The first-order valence-electron chi connectivity index (χ1n) is 9.68. The minimum Gasteiger partial charge on any atom is -0.468 e. The number of aliphatic imine (C=N–C) groups is 1. The van der Waals surface area contributed by atoms with E-state index in [1.807, 2.05) is 38.4 Å². The van der Waals surface area contributed by atoms with E-state index in [0.29, 0.717) is 11.6 Å². The van der Waals surface area contributed by atoms with E-state index in [0.717, 1.165) is 43.6 Å². The van der Waals surface area contributed by atoms with Gasteiger partial charge in [0.2, 0.25) is 0 Å². The Morgan fingerprint density at radius 3 is 2.96 bits per heavy atom. The van der Waals surface area contributed by atoms with Gasteiger partial charge in [-0.3, -0.25) is 9.89 Å². The van der Waals surface area contributed by atoms with E-state index < -0.39 is 0 Å². The Morgan fingerprint density at radius 1 is 1.43 bits per heavy atom. The van der Waals surface area contributed by atoms with Crippen LogP contribution in [0.25, 0.3) is 0 Å². The van der Waals surface area contributed by atoms with Crippen LogP contribution in [0.15, 0.2) is 46.1 Å². The first kappa shape index (κ1) is 20.5. The molecule has 0 bridgehead atoms. The van der Waals surface area contributed by atoms with Gasteiger partial charge in [-0.05, 0) is 51.7 Å². The second kappa shape index (κ2) is 9.80. The van der Waals surface area contributed by atoms with Crippen molar-refractivity contribution in [2.75, 3.05) is 45.2 Å². The lowest BCUT2D eigenvalue weighted by Crippen LogP contribution is -2.45. The Kier molecular flexibility index (Phi) is 7.17. The first-order chi connectivity index (χ1) is 13.6. The number of hydrogen-bond donors (Lipinski definition) is 2. The van der Waals surface area contributed by atoms with Crippen LogP contribution in [-0.2, 0) is 0 Å². The summed E-state index contributed by atoms with van der Waals surface area (Å²) in [6.45, 7) is 5.25. The molecule has 0 aliphatic carbocycles. The largest absolute Gasteiger partial charge is 0.468 e. The van der Waals surface area contributed by atoms with Crippen molar-refractivity contribution in [1.82, 2.24) is 20.5 Å². The number of guanidine groups is 1. The summed E-state index contributed by atoms with van der Waals surface area (Å²) in [5.41, 5.74) is 0. The number of aromatic nitrogens is 1. The number of nitrogens with one attached hydrogen (secondary N) is 2. The van der Waals surface area contributed by atoms with E-state index in [1.54, 1.807) is 12.5 Å². The summed E-state index contributed by atoms with van der Waals surface area (Å²) >= 11 is 6.30. The molecule has 0 spiro atoms. The maximum Gasteiger partial charge on any atom is 0.191 e. The van der Waals surface area contributed by atoms with Gasteiger partial charge in [-0.15, -0.1) is 0 Å². The van der Waals surface area contributed by atoms with Crippen LogP contribution in [0.3, 0.4) is 0 Å². The van der Waals surface area contributed by atoms with Gasteiger partial charge in [-0.1, -0.05) is 11.6 Å². The standard InChI is InChI=1S/C20H29ClN6O/c1-4-22-20(24-13-17(26(2)3)18-8-6-12-28-18)25-15-9-11-27(14-15)19-16(21)7-5-10-23-19/h5-8,10,12,15,17H,4,9,11,13-14H2,1-3H3,(H2,22,24,25). The average Bonchev–Trinajstić information content (AvgIpc) is 3.34. The van der Waals surface area contributed by atoms with Crippen LogP contribution in [0.4, 0.5) is 5.82 Å². The van der Waals surface area contributed by atoms with Crippen molar-refractivity contribution in [1.29, 1.82) is 0 Å². The second-order valence-corrected chi connectivity index (χ2v) is 7.51. The fraction of sp³-hybridized carbons (Fsp3) is 0.500. The van der Waals surface area contributed by atoms with Crippen molar-refractivity contribution in [3.63, 3.8) is 0 Å². The van der Waals surface area contributed by atoms with E-state index in [9.17, 15) is 0 Å². The summed E-state index contributed by atoms with van der Waals surface area (Å²) in [7, 11) is 4.07. The van der Waals surface area contributed by atoms with Crippen molar-refractivity contribution in [3.8, 4) is 0 Å². The SMILES string of the molecule is CCNC(=NCC(c1ccco1)N(C)C)NC1CCN(c2ncccc2Cl)C1. The molecule has 2 atom stereocenters. The van der Waals surface area contributed by atoms with Gasteiger partial charge < -0.3 is 20.0 Å². The van der Waals surface area contributed by atoms with Gasteiger partial charge in [0.1, 0.15) is 11.6 Å². The van der Waals surface area contributed by atoms with Crippen LogP contribution in [0.5, 0.6) is 0 Å². The molecule has 0 saturated carbocycles. The normalized spacial score (nSPS) is 18.5. The summed E-state index contributed by atoms with van der Waals surface area (Å²) in [5, 5.41) is 7.59. The number of pyridine rings is 1. The Balaban J connectivity index is 1.63. The monoisotopic (exact) mass is 404 g/mol. The highest BCUT2D eigenvalue weighted by Gasteiger charge is 2.25. The fourth-order valence-electron chi connectivity index (χ4n) is 3.36. The third-order valence-corrected chi connectivity index (χ3v) is 5.12. The predicted octanol–water partition coefficient (Wildman–Crippen LogP) is 2.76.